The molecule has 0 fully saturated rings. The number of rotatable bonds is 5. The third-order valence-corrected chi connectivity index (χ3v) is 2.09. The molecule has 0 saturated heterocycles. The monoisotopic (exact) mass is 209 g/mol. The summed E-state index contributed by atoms with van der Waals surface area (Å²) < 4.78 is 0. The lowest BCUT2D eigenvalue weighted by Crippen LogP contribution is -2.28. The summed E-state index contributed by atoms with van der Waals surface area (Å²) in [6, 6.07) is 1.85. The maximum absolute atomic E-state index is 5.30. The SMILES string of the molecule is CCN(CC(C)C)c1cc(NN)ncn1. The molecular weight excluding hydrogens is 190 g/mol. The molecule has 0 spiro atoms. The average Bonchev–Trinajstić information content (AvgIpc) is 2.25. The molecule has 0 aliphatic heterocycles. The number of anilines is 2. The summed E-state index contributed by atoms with van der Waals surface area (Å²) >= 11 is 0. The van der Waals surface area contributed by atoms with Gasteiger partial charge in [-0.3, -0.25) is 0 Å². The Balaban J connectivity index is 2.81. The van der Waals surface area contributed by atoms with Crippen LogP contribution < -0.4 is 16.2 Å². The predicted molar refractivity (Wildman–Crippen MR) is 62.6 cm³/mol. The normalized spacial score (nSPS) is 10.5. The van der Waals surface area contributed by atoms with Gasteiger partial charge in [0.05, 0.1) is 0 Å². The summed E-state index contributed by atoms with van der Waals surface area (Å²) in [5.41, 5.74) is 2.52. The van der Waals surface area contributed by atoms with Gasteiger partial charge in [-0.25, -0.2) is 15.8 Å². The number of hydrogen-bond acceptors (Lipinski definition) is 5. The molecule has 1 rings (SSSR count). The molecule has 1 heterocycles. The summed E-state index contributed by atoms with van der Waals surface area (Å²) in [6.07, 6.45) is 1.52. The first kappa shape index (κ1) is 11.7. The highest BCUT2D eigenvalue weighted by molar-refractivity contribution is 5.47. The fourth-order valence-electron chi connectivity index (χ4n) is 1.42. The maximum Gasteiger partial charge on any atom is 0.145 e. The smallest absolute Gasteiger partial charge is 0.145 e. The van der Waals surface area contributed by atoms with Crippen LogP contribution >= 0.6 is 0 Å². The molecule has 15 heavy (non-hydrogen) atoms. The first-order chi connectivity index (χ1) is 7.17. The van der Waals surface area contributed by atoms with E-state index in [0.29, 0.717) is 11.7 Å². The summed E-state index contributed by atoms with van der Waals surface area (Å²) in [4.78, 5) is 10.4. The fraction of sp³-hybridized carbons (Fsp3) is 0.600. The number of hydrogen-bond donors (Lipinski definition) is 2. The van der Waals surface area contributed by atoms with Crippen molar-refractivity contribution >= 4 is 11.6 Å². The van der Waals surface area contributed by atoms with E-state index in [9.17, 15) is 0 Å². The highest BCUT2D eigenvalue weighted by atomic mass is 15.3. The molecule has 5 heteroatoms. The molecule has 0 aromatic carbocycles. The Morgan fingerprint density at radius 2 is 2.20 bits per heavy atom. The van der Waals surface area contributed by atoms with Crippen LogP contribution in [0.2, 0.25) is 0 Å². The third kappa shape index (κ3) is 3.36. The van der Waals surface area contributed by atoms with Gasteiger partial charge in [-0.15, -0.1) is 0 Å². The van der Waals surface area contributed by atoms with Crippen LogP contribution in [-0.4, -0.2) is 23.1 Å². The number of nitrogens with one attached hydrogen (secondary N) is 1. The van der Waals surface area contributed by atoms with Crippen LogP contribution in [0.5, 0.6) is 0 Å². The molecule has 0 amide bonds. The molecule has 5 nitrogen and oxygen atoms in total. The van der Waals surface area contributed by atoms with E-state index in [1.165, 1.54) is 6.33 Å². The topological polar surface area (TPSA) is 67.1 Å². The van der Waals surface area contributed by atoms with E-state index in [1.807, 2.05) is 6.07 Å². The van der Waals surface area contributed by atoms with Crippen molar-refractivity contribution in [2.45, 2.75) is 20.8 Å². The van der Waals surface area contributed by atoms with Crippen molar-refractivity contribution in [2.75, 3.05) is 23.4 Å². The zero-order valence-electron chi connectivity index (χ0n) is 9.57. The molecule has 0 atom stereocenters. The first-order valence-corrected chi connectivity index (χ1v) is 5.21. The van der Waals surface area contributed by atoms with Gasteiger partial charge in [0.1, 0.15) is 18.0 Å². The van der Waals surface area contributed by atoms with Gasteiger partial charge in [-0.2, -0.15) is 0 Å². The molecule has 0 unspecified atom stereocenters. The lowest BCUT2D eigenvalue weighted by molar-refractivity contribution is 0.614. The fourth-order valence-corrected chi connectivity index (χ4v) is 1.42. The number of nitrogens with zero attached hydrogens (tertiary/aromatic N) is 3. The number of nitrogen functional groups attached to an aromatic ring is 1. The predicted octanol–water partition coefficient (Wildman–Crippen LogP) is 1.24. The minimum atomic E-state index is 0.606. The molecule has 0 aliphatic rings. The molecule has 3 N–H and O–H groups in total. The van der Waals surface area contributed by atoms with E-state index in [1.54, 1.807) is 0 Å². The minimum absolute atomic E-state index is 0.606. The van der Waals surface area contributed by atoms with Crippen LogP contribution in [0.15, 0.2) is 12.4 Å². The molecule has 0 radical (unpaired) electrons. The largest absolute Gasteiger partial charge is 0.356 e. The molecule has 1 aromatic rings. The Labute approximate surface area is 90.7 Å². The van der Waals surface area contributed by atoms with Crippen molar-refractivity contribution in [3.63, 3.8) is 0 Å². The van der Waals surface area contributed by atoms with Gasteiger partial charge in [-0.05, 0) is 12.8 Å². The Bertz CT molecular complexity index is 300. The highest BCUT2D eigenvalue weighted by Crippen LogP contribution is 2.14. The number of nitrogens with two attached hydrogens (primary N) is 1. The lowest BCUT2D eigenvalue weighted by atomic mass is 10.2. The first-order valence-electron chi connectivity index (χ1n) is 5.21. The zero-order valence-corrected chi connectivity index (χ0v) is 9.57. The van der Waals surface area contributed by atoms with Gasteiger partial charge in [0.25, 0.3) is 0 Å². The van der Waals surface area contributed by atoms with E-state index < -0.39 is 0 Å². The molecular formula is C10H19N5. The van der Waals surface area contributed by atoms with E-state index >= 15 is 0 Å². The number of aromatic nitrogens is 2. The van der Waals surface area contributed by atoms with E-state index in [-0.39, 0.29) is 0 Å². The summed E-state index contributed by atoms with van der Waals surface area (Å²) in [5, 5.41) is 0. The van der Waals surface area contributed by atoms with Crippen molar-refractivity contribution in [3.05, 3.63) is 12.4 Å². The van der Waals surface area contributed by atoms with Crippen LogP contribution in [0.4, 0.5) is 11.6 Å². The Kier molecular flexibility index (Phi) is 4.30. The van der Waals surface area contributed by atoms with E-state index in [0.717, 1.165) is 18.9 Å². The third-order valence-electron chi connectivity index (χ3n) is 2.09. The lowest BCUT2D eigenvalue weighted by Gasteiger charge is -2.23. The van der Waals surface area contributed by atoms with Crippen molar-refractivity contribution in [1.29, 1.82) is 0 Å². The van der Waals surface area contributed by atoms with Crippen LogP contribution in [0.25, 0.3) is 0 Å². The Morgan fingerprint density at radius 3 is 2.73 bits per heavy atom. The average molecular weight is 209 g/mol. The van der Waals surface area contributed by atoms with Gasteiger partial charge in [0.2, 0.25) is 0 Å². The van der Waals surface area contributed by atoms with Gasteiger partial charge >= 0.3 is 0 Å². The molecule has 1 aromatic heterocycles. The second kappa shape index (κ2) is 5.50. The minimum Gasteiger partial charge on any atom is -0.356 e. The highest BCUT2D eigenvalue weighted by Gasteiger charge is 2.08. The summed E-state index contributed by atoms with van der Waals surface area (Å²) in [7, 11) is 0. The number of hydrazine groups is 1. The Hall–Kier alpha value is -1.36. The van der Waals surface area contributed by atoms with E-state index in [4.69, 9.17) is 5.84 Å². The van der Waals surface area contributed by atoms with E-state index in [2.05, 4.69) is 41.1 Å². The zero-order chi connectivity index (χ0) is 11.3. The quantitative estimate of drug-likeness (QED) is 0.564. The Morgan fingerprint density at radius 1 is 1.47 bits per heavy atom. The molecule has 0 aliphatic carbocycles. The van der Waals surface area contributed by atoms with Gasteiger partial charge in [0, 0.05) is 19.2 Å². The molecule has 84 valence electrons. The van der Waals surface area contributed by atoms with Crippen LogP contribution in [0, 0.1) is 5.92 Å². The van der Waals surface area contributed by atoms with Crippen molar-refractivity contribution in [1.82, 2.24) is 9.97 Å². The second-order valence-corrected chi connectivity index (χ2v) is 3.84. The van der Waals surface area contributed by atoms with Crippen molar-refractivity contribution in [3.8, 4) is 0 Å². The van der Waals surface area contributed by atoms with Crippen LogP contribution in [0.3, 0.4) is 0 Å². The van der Waals surface area contributed by atoms with Gasteiger partial charge < -0.3 is 10.3 Å². The summed E-state index contributed by atoms with van der Waals surface area (Å²) in [5.74, 6) is 7.46. The standard InChI is InChI=1S/C10H19N5/c1-4-15(6-8(2)3)10-5-9(14-11)12-7-13-10/h5,7-8H,4,6,11H2,1-3H3,(H,12,13,14). The molecule has 0 bridgehead atoms. The second-order valence-electron chi connectivity index (χ2n) is 3.84. The van der Waals surface area contributed by atoms with Crippen molar-refractivity contribution in [2.24, 2.45) is 11.8 Å². The van der Waals surface area contributed by atoms with Crippen LogP contribution in [-0.2, 0) is 0 Å². The van der Waals surface area contributed by atoms with Crippen molar-refractivity contribution < 1.29 is 0 Å². The summed E-state index contributed by atoms with van der Waals surface area (Å²) in [6.45, 7) is 8.40. The van der Waals surface area contributed by atoms with Gasteiger partial charge in [-0.1, -0.05) is 13.8 Å². The van der Waals surface area contributed by atoms with Gasteiger partial charge in [0.15, 0.2) is 0 Å². The maximum atomic E-state index is 5.30. The van der Waals surface area contributed by atoms with Crippen LogP contribution in [0.1, 0.15) is 20.8 Å². The molecule has 0 saturated carbocycles.